The predicted octanol–water partition coefficient (Wildman–Crippen LogP) is 1.39. The summed E-state index contributed by atoms with van der Waals surface area (Å²) < 4.78 is 12.9. The van der Waals surface area contributed by atoms with Crippen LogP contribution in [0.5, 0.6) is 0 Å². The number of halogens is 1. The van der Waals surface area contributed by atoms with Gasteiger partial charge in [-0.1, -0.05) is 12.1 Å². The molecule has 13 heavy (non-hydrogen) atoms. The van der Waals surface area contributed by atoms with E-state index in [1.807, 2.05) is 25.1 Å². The van der Waals surface area contributed by atoms with Crippen LogP contribution in [0.4, 0.5) is 4.39 Å². The van der Waals surface area contributed by atoms with E-state index in [0.717, 1.165) is 5.56 Å². The van der Waals surface area contributed by atoms with Crippen LogP contribution in [0.1, 0.15) is 11.6 Å². The van der Waals surface area contributed by atoms with Crippen molar-refractivity contribution in [2.24, 2.45) is 5.73 Å². The molecule has 0 amide bonds. The molecule has 2 N–H and O–H groups in total. The van der Waals surface area contributed by atoms with Gasteiger partial charge < -0.3 is 10.6 Å². The summed E-state index contributed by atoms with van der Waals surface area (Å²) in [6.07, 6.45) is 0. The van der Waals surface area contributed by atoms with E-state index >= 15 is 0 Å². The number of nitrogens with two attached hydrogens (primary N) is 1. The lowest BCUT2D eigenvalue weighted by atomic mass is 10.1. The zero-order valence-corrected chi connectivity index (χ0v) is 8.00. The van der Waals surface area contributed by atoms with Crippen molar-refractivity contribution < 1.29 is 4.39 Å². The number of hydrogen-bond donors (Lipinski definition) is 1. The SMILES string of the molecule is CN(C)[C@@H](CN)c1cccc(F)c1. The molecule has 0 aliphatic rings. The topological polar surface area (TPSA) is 29.3 Å². The Hall–Kier alpha value is -0.930. The third kappa shape index (κ3) is 2.50. The van der Waals surface area contributed by atoms with E-state index in [-0.39, 0.29) is 11.9 Å². The highest BCUT2D eigenvalue weighted by atomic mass is 19.1. The fourth-order valence-corrected chi connectivity index (χ4v) is 1.36. The summed E-state index contributed by atoms with van der Waals surface area (Å²) in [5.41, 5.74) is 6.52. The van der Waals surface area contributed by atoms with Gasteiger partial charge in [0.15, 0.2) is 0 Å². The molecule has 0 saturated carbocycles. The summed E-state index contributed by atoms with van der Waals surface area (Å²) >= 11 is 0. The highest BCUT2D eigenvalue weighted by Gasteiger charge is 2.11. The van der Waals surface area contributed by atoms with Gasteiger partial charge in [0.25, 0.3) is 0 Å². The fourth-order valence-electron chi connectivity index (χ4n) is 1.36. The molecule has 0 heterocycles. The minimum atomic E-state index is -0.210. The van der Waals surface area contributed by atoms with E-state index in [4.69, 9.17) is 5.73 Å². The first-order chi connectivity index (χ1) is 6.15. The van der Waals surface area contributed by atoms with Crippen LogP contribution in [0, 0.1) is 5.82 Å². The van der Waals surface area contributed by atoms with Gasteiger partial charge in [0.2, 0.25) is 0 Å². The van der Waals surface area contributed by atoms with Gasteiger partial charge in [-0.15, -0.1) is 0 Å². The molecule has 0 saturated heterocycles. The maximum absolute atomic E-state index is 12.9. The minimum absolute atomic E-state index is 0.0932. The van der Waals surface area contributed by atoms with Crippen molar-refractivity contribution in [2.45, 2.75) is 6.04 Å². The zero-order valence-electron chi connectivity index (χ0n) is 8.00. The van der Waals surface area contributed by atoms with Gasteiger partial charge in [0, 0.05) is 12.6 Å². The van der Waals surface area contributed by atoms with E-state index in [1.54, 1.807) is 6.07 Å². The Morgan fingerprint density at radius 2 is 2.15 bits per heavy atom. The fraction of sp³-hybridized carbons (Fsp3) is 0.400. The molecule has 1 rings (SSSR count). The monoisotopic (exact) mass is 182 g/mol. The first kappa shape index (κ1) is 10.2. The molecule has 0 aliphatic heterocycles. The van der Waals surface area contributed by atoms with Crippen molar-refractivity contribution >= 4 is 0 Å². The normalized spacial score (nSPS) is 13.3. The van der Waals surface area contributed by atoms with Gasteiger partial charge in [-0.2, -0.15) is 0 Å². The molecule has 2 nitrogen and oxygen atoms in total. The Bertz CT molecular complexity index is 273. The standard InChI is InChI=1S/C10H15FN2/c1-13(2)10(7-12)8-4-3-5-9(11)6-8/h3-6,10H,7,12H2,1-2H3/t10-/m0/s1. The van der Waals surface area contributed by atoms with E-state index in [0.29, 0.717) is 6.54 Å². The van der Waals surface area contributed by atoms with Gasteiger partial charge in [-0.05, 0) is 31.8 Å². The van der Waals surface area contributed by atoms with Crippen molar-refractivity contribution in [3.05, 3.63) is 35.6 Å². The van der Waals surface area contributed by atoms with Crippen molar-refractivity contribution in [2.75, 3.05) is 20.6 Å². The van der Waals surface area contributed by atoms with Crippen LogP contribution < -0.4 is 5.73 Å². The Balaban J connectivity index is 2.91. The number of likely N-dealkylation sites (N-methyl/N-ethyl adjacent to an activating group) is 1. The second-order valence-electron chi connectivity index (χ2n) is 3.27. The lowest BCUT2D eigenvalue weighted by molar-refractivity contribution is 0.305. The minimum Gasteiger partial charge on any atom is -0.329 e. The summed E-state index contributed by atoms with van der Waals surface area (Å²) in [6, 6.07) is 6.65. The van der Waals surface area contributed by atoms with E-state index in [1.165, 1.54) is 12.1 Å². The Morgan fingerprint density at radius 1 is 1.46 bits per heavy atom. The van der Waals surface area contributed by atoms with Crippen molar-refractivity contribution in [3.63, 3.8) is 0 Å². The predicted molar refractivity (Wildman–Crippen MR) is 51.9 cm³/mol. The van der Waals surface area contributed by atoms with Crippen LogP contribution in [0.15, 0.2) is 24.3 Å². The van der Waals surface area contributed by atoms with Crippen LogP contribution in [0.2, 0.25) is 0 Å². The molecule has 0 fully saturated rings. The average Bonchev–Trinajstić information content (AvgIpc) is 2.04. The quantitative estimate of drug-likeness (QED) is 0.765. The lowest BCUT2D eigenvalue weighted by Gasteiger charge is -2.22. The number of hydrogen-bond acceptors (Lipinski definition) is 2. The summed E-state index contributed by atoms with van der Waals surface area (Å²) in [5, 5.41) is 0. The molecule has 0 aliphatic carbocycles. The van der Waals surface area contributed by atoms with Gasteiger partial charge in [-0.25, -0.2) is 4.39 Å². The first-order valence-corrected chi connectivity index (χ1v) is 4.27. The molecule has 1 aromatic rings. The maximum Gasteiger partial charge on any atom is 0.123 e. The second kappa shape index (κ2) is 4.35. The van der Waals surface area contributed by atoms with Gasteiger partial charge in [0.1, 0.15) is 5.82 Å². The molecule has 3 heteroatoms. The van der Waals surface area contributed by atoms with Crippen LogP contribution in [0.3, 0.4) is 0 Å². The molecule has 1 atom stereocenters. The summed E-state index contributed by atoms with van der Waals surface area (Å²) in [4.78, 5) is 1.98. The van der Waals surface area contributed by atoms with Crippen LogP contribution in [-0.2, 0) is 0 Å². The molecule has 1 aromatic carbocycles. The average molecular weight is 182 g/mol. The molecular weight excluding hydrogens is 167 g/mol. The molecule has 0 radical (unpaired) electrons. The first-order valence-electron chi connectivity index (χ1n) is 4.27. The third-order valence-corrected chi connectivity index (χ3v) is 2.08. The molecule has 0 aromatic heterocycles. The summed E-state index contributed by atoms with van der Waals surface area (Å²) in [7, 11) is 3.87. The molecule has 72 valence electrons. The van der Waals surface area contributed by atoms with Gasteiger partial charge in [-0.3, -0.25) is 0 Å². The number of benzene rings is 1. The maximum atomic E-state index is 12.9. The van der Waals surface area contributed by atoms with Crippen molar-refractivity contribution in [3.8, 4) is 0 Å². The lowest BCUT2D eigenvalue weighted by Crippen LogP contribution is -2.27. The zero-order chi connectivity index (χ0) is 9.84. The number of rotatable bonds is 3. The molecule has 0 unspecified atom stereocenters. The highest BCUT2D eigenvalue weighted by molar-refractivity contribution is 5.20. The Labute approximate surface area is 78.2 Å². The Morgan fingerprint density at radius 3 is 2.62 bits per heavy atom. The van der Waals surface area contributed by atoms with E-state index in [9.17, 15) is 4.39 Å². The second-order valence-corrected chi connectivity index (χ2v) is 3.27. The van der Waals surface area contributed by atoms with Crippen molar-refractivity contribution in [1.82, 2.24) is 4.90 Å². The number of nitrogens with zero attached hydrogens (tertiary/aromatic N) is 1. The van der Waals surface area contributed by atoms with Gasteiger partial charge >= 0.3 is 0 Å². The molecule has 0 bridgehead atoms. The summed E-state index contributed by atoms with van der Waals surface area (Å²) in [5.74, 6) is -0.210. The van der Waals surface area contributed by atoms with E-state index < -0.39 is 0 Å². The highest BCUT2D eigenvalue weighted by Crippen LogP contribution is 2.17. The van der Waals surface area contributed by atoms with Crippen LogP contribution in [-0.4, -0.2) is 25.5 Å². The van der Waals surface area contributed by atoms with E-state index in [2.05, 4.69) is 0 Å². The van der Waals surface area contributed by atoms with Crippen molar-refractivity contribution in [1.29, 1.82) is 0 Å². The summed E-state index contributed by atoms with van der Waals surface area (Å²) in [6.45, 7) is 0.496. The van der Waals surface area contributed by atoms with Gasteiger partial charge in [0.05, 0.1) is 0 Å². The molecular formula is C10H15FN2. The smallest absolute Gasteiger partial charge is 0.123 e. The largest absolute Gasteiger partial charge is 0.329 e. The van der Waals surface area contributed by atoms with Crippen LogP contribution >= 0.6 is 0 Å². The third-order valence-electron chi connectivity index (χ3n) is 2.08. The van der Waals surface area contributed by atoms with Crippen LogP contribution in [0.25, 0.3) is 0 Å². The Kier molecular flexibility index (Phi) is 3.39. The molecule has 0 spiro atoms.